The lowest BCUT2D eigenvalue weighted by molar-refractivity contribution is 0.305. The summed E-state index contributed by atoms with van der Waals surface area (Å²) in [6, 6.07) is 13.3. The molecular weight excluding hydrogens is 319 g/mol. The Morgan fingerprint density at radius 1 is 1.05 bits per heavy atom. The summed E-state index contributed by atoms with van der Waals surface area (Å²) in [5, 5.41) is 4.53. The summed E-state index contributed by atoms with van der Waals surface area (Å²) in [4.78, 5) is 4.52. The Morgan fingerprint density at radius 2 is 1.82 bits per heavy atom. The highest BCUT2D eigenvalue weighted by Crippen LogP contribution is 2.27. The molecule has 0 aliphatic carbocycles. The van der Waals surface area contributed by atoms with Crippen molar-refractivity contribution in [3.63, 3.8) is 0 Å². The number of amidine groups is 1. The predicted molar refractivity (Wildman–Crippen MR) is 91.3 cm³/mol. The van der Waals surface area contributed by atoms with E-state index in [0.717, 1.165) is 42.2 Å². The number of hydrogen-bond donors (Lipinski definition) is 1. The Bertz CT molecular complexity index is 681. The largest absolute Gasteiger partial charge is 0.488 e. The van der Waals surface area contributed by atoms with E-state index < -0.39 is 0 Å². The zero-order valence-corrected chi connectivity index (χ0v) is 13.5. The first kappa shape index (κ1) is 15.2. The molecule has 1 heterocycles. The quantitative estimate of drug-likeness (QED) is 0.903. The van der Waals surface area contributed by atoms with E-state index in [1.807, 2.05) is 42.5 Å². The highest BCUT2D eigenvalue weighted by molar-refractivity contribution is 6.35. The highest BCUT2D eigenvalue weighted by atomic mass is 35.5. The third-order valence-corrected chi connectivity index (χ3v) is 4.18. The maximum absolute atomic E-state index is 6.18. The average Bonchev–Trinajstić information content (AvgIpc) is 2.56. The molecule has 1 N–H and O–H groups in total. The van der Waals surface area contributed by atoms with Gasteiger partial charge in [-0.15, -0.1) is 0 Å². The number of hydrogen-bond acceptors (Lipinski definition) is 3. The number of nitrogens with zero attached hydrogens (tertiary/aromatic N) is 1. The van der Waals surface area contributed by atoms with Crippen LogP contribution >= 0.6 is 23.2 Å². The van der Waals surface area contributed by atoms with Crippen LogP contribution in [-0.4, -0.2) is 18.9 Å². The second-order valence-electron chi connectivity index (χ2n) is 5.00. The van der Waals surface area contributed by atoms with E-state index in [2.05, 4.69) is 10.3 Å². The van der Waals surface area contributed by atoms with Gasteiger partial charge in [-0.3, -0.25) is 4.99 Å². The second kappa shape index (κ2) is 7.03. The van der Waals surface area contributed by atoms with Crippen LogP contribution in [0.25, 0.3) is 0 Å². The van der Waals surface area contributed by atoms with Crippen molar-refractivity contribution >= 4 is 29.0 Å². The summed E-state index contributed by atoms with van der Waals surface area (Å²) in [6.07, 6.45) is 1.06. The monoisotopic (exact) mass is 334 g/mol. The van der Waals surface area contributed by atoms with Gasteiger partial charge in [-0.25, -0.2) is 0 Å². The minimum atomic E-state index is 0.322. The number of ether oxygens (including phenoxy) is 1. The lowest BCUT2D eigenvalue weighted by Gasteiger charge is -2.18. The molecule has 0 unspecified atom stereocenters. The van der Waals surface area contributed by atoms with Crippen LogP contribution in [0.4, 0.5) is 0 Å². The van der Waals surface area contributed by atoms with Crippen LogP contribution in [0.2, 0.25) is 10.0 Å². The molecule has 3 rings (SSSR count). The van der Waals surface area contributed by atoms with Gasteiger partial charge in [0.1, 0.15) is 18.2 Å². The molecule has 0 bridgehead atoms. The van der Waals surface area contributed by atoms with Crippen molar-refractivity contribution in [3.8, 4) is 5.75 Å². The number of benzene rings is 2. The Kier molecular flexibility index (Phi) is 4.86. The predicted octanol–water partition coefficient (Wildman–Crippen LogP) is 4.31. The molecule has 3 nitrogen and oxygen atoms in total. The molecule has 0 radical (unpaired) electrons. The van der Waals surface area contributed by atoms with Crippen LogP contribution in [0.5, 0.6) is 5.75 Å². The van der Waals surface area contributed by atoms with E-state index in [9.17, 15) is 0 Å². The Labute approximate surface area is 139 Å². The Balaban J connectivity index is 1.83. The summed E-state index contributed by atoms with van der Waals surface area (Å²) < 4.78 is 5.95. The number of aliphatic imine (C=N–C) groups is 1. The Hall–Kier alpha value is -1.71. The van der Waals surface area contributed by atoms with Crippen LogP contribution in [0.15, 0.2) is 47.5 Å². The van der Waals surface area contributed by atoms with Crippen LogP contribution in [0.3, 0.4) is 0 Å². The summed E-state index contributed by atoms with van der Waals surface area (Å²) in [5.74, 6) is 1.65. The zero-order valence-electron chi connectivity index (χ0n) is 12.0. The molecule has 2 aromatic carbocycles. The van der Waals surface area contributed by atoms with Crippen LogP contribution in [0, 0.1) is 0 Å². The molecule has 0 spiro atoms. The molecule has 1 aliphatic rings. The molecule has 0 saturated heterocycles. The van der Waals surface area contributed by atoms with Gasteiger partial charge in [0.2, 0.25) is 0 Å². The van der Waals surface area contributed by atoms with Gasteiger partial charge in [-0.05, 0) is 30.7 Å². The van der Waals surface area contributed by atoms with Crippen LogP contribution in [0.1, 0.15) is 17.5 Å². The lowest BCUT2D eigenvalue weighted by Crippen LogP contribution is -2.30. The first-order valence-corrected chi connectivity index (χ1v) is 7.95. The molecule has 0 saturated carbocycles. The smallest absolute Gasteiger partial charge is 0.132 e. The molecule has 5 heteroatoms. The van der Waals surface area contributed by atoms with E-state index >= 15 is 0 Å². The van der Waals surface area contributed by atoms with Crippen LogP contribution < -0.4 is 10.1 Å². The summed E-state index contributed by atoms with van der Waals surface area (Å²) in [5.41, 5.74) is 1.75. The molecule has 2 aromatic rings. The molecule has 0 fully saturated rings. The first-order valence-electron chi connectivity index (χ1n) is 7.19. The van der Waals surface area contributed by atoms with Gasteiger partial charge in [-0.2, -0.15) is 0 Å². The maximum Gasteiger partial charge on any atom is 0.132 e. The third kappa shape index (κ3) is 3.37. The topological polar surface area (TPSA) is 33.6 Å². The fourth-order valence-corrected chi connectivity index (χ4v) is 2.83. The van der Waals surface area contributed by atoms with Crippen molar-refractivity contribution in [1.82, 2.24) is 5.32 Å². The van der Waals surface area contributed by atoms with Crippen molar-refractivity contribution in [1.29, 1.82) is 0 Å². The van der Waals surface area contributed by atoms with Gasteiger partial charge in [0.15, 0.2) is 0 Å². The van der Waals surface area contributed by atoms with E-state index in [1.165, 1.54) is 0 Å². The second-order valence-corrected chi connectivity index (χ2v) is 5.81. The number of halogens is 2. The molecule has 0 atom stereocenters. The van der Waals surface area contributed by atoms with E-state index in [1.54, 1.807) is 0 Å². The molecular formula is C17H16Cl2N2O. The van der Waals surface area contributed by atoms with Crippen molar-refractivity contribution < 1.29 is 4.74 Å². The first-order chi connectivity index (χ1) is 10.8. The lowest BCUT2D eigenvalue weighted by atomic mass is 10.1. The van der Waals surface area contributed by atoms with E-state index in [0.29, 0.717) is 16.7 Å². The number of rotatable bonds is 4. The number of nitrogens with one attached hydrogen (secondary N) is 1. The summed E-state index contributed by atoms with van der Waals surface area (Å²) in [6.45, 7) is 2.10. The highest BCUT2D eigenvalue weighted by Gasteiger charge is 2.13. The van der Waals surface area contributed by atoms with Gasteiger partial charge in [0.05, 0.1) is 5.56 Å². The van der Waals surface area contributed by atoms with Crippen LogP contribution in [-0.2, 0) is 6.61 Å². The fourth-order valence-electron chi connectivity index (χ4n) is 2.32. The number of para-hydroxylation sites is 1. The SMILES string of the molecule is Clc1cccc(Cl)c1COc1ccccc1C1=NCCCN1. The molecule has 1 aliphatic heterocycles. The maximum atomic E-state index is 6.18. The van der Waals surface area contributed by atoms with Gasteiger partial charge in [0, 0.05) is 28.7 Å². The molecule has 0 aromatic heterocycles. The standard InChI is InChI=1S/C17H16Cl2N2O/c18-14-6-3-7-15(19)13(14)11-22-16-8-2-1-5-12(16)17-20-9-4-10-21-17/h1-3,5-8H,4,9-11H2,(H,20,21). The summed E-state index contributed by atoms with van der Waals surface area (Å²) >= 11 is 12.4. The van der Waals surface area contributed by atoms with E-state index in [-0.39, 0.29) is 0 Å². The van der Waals surface area contributed by atoms with Gasteiger partial charge in [0.25, 0.3) is 0 Å². The minimum Gasteiger partial charge on any atom is -0.488 e. The van der Waals surface area contributed by atoms with Crippen molar-refractivity contribution in [2.45, 2.75) is 13.0 Å². The fraction of sp³-hybridized carbons (Fsp3) is 0.235. The zero-order chi connectivity index (χ0) is 15.4. The van der Waals surface area contributed by atoms with E-state index in [4.69, 9.17) is 27.9 Å². The van der Waals surface area contributed by atoms with Crippen molar-refractivity contribution in [2.75, 3.05) is 13.1 Å². The molecule has 114 valence electrons. The van der Waals surface area contributed by atoms with Gasteiger partial charge >= 0.3 is 0 Å². The Morgan fingerprint density at radius 3 is 2.55 bits per heavy atom. The molecule has 0 amide bonds. The third-order valence-electron chi connectivity index (χ3n) is 3.47. The van der Waals surface area contributed by atoms with Crippen molar-refractivity contribution in [3.05, 3.63) is 63.6 Å². The van der Waals surface area contributed by atoms with Gasteiger partial charge < -0.3 is 10.1 Å². The van der Waals surface area contributed by atoms with Crippen molar-refractivity contribution in [2.24, 2.45) is 4.99 Å². The minimum absolute atomic E-state index is 0.322. The van der Waals surface area contributed by atoms with Gasteiger partial charge in [-0.1, -0.05) is 41.4 Å². The summed E-state index contributed by atoms with van der Waals surface area (Å²) in [7, 11) is 0. The molecule has 22 heavy (non-hydrogen) atoms. The average molecular weight is 335 g/mol. The normalized spacial score (nSPS) is 14.2.